The first-order valence-corrected chi connectivity index (χ1v) is 6.32. The van der Waals surface area contributed by atoms with Gasteiger partial charge in [-0.25, -0.2) is 4.39 Å². The summed E-state index contributed by atoms with van der Waals surface area (Å²) in [4.78, 5) is 2.32. The third-order valence-electron chi connectivity index (χ3n) is 3.44. The number of hydrogen-bond acceptors (Lipinski definition) is 2. The van der Waals surface area contributed by atoms with Crippen molar-refractivity contribution in [2.75, 3.05) is 26.7 Å². The van der Waals surface area contributed by atoms with Gasteiger partial charge in [0, 0.05) is 5.56 Å². The van der Waals surface area contributed by atoms with Gasteiger partial charge < -0.3 is 9.64 Å². The van der Waals surface area contributed by atoms with E-state index in [0.717, 1.165) is 31.5 Å². The summed E-state index contributed by atoms with van der Waals surface area (Å²) in [6.45, 7) is 4.56. The highest BCUT2D eigenvalue weighted by molar-refractivity contribution is 5.38. The molecule has 0 N–H and O–H groups in total. The monoisotopic (exact) mass is 237 g/mol. The maximum atomic E-state index is 13.7. The summed E-state index contributed by atoms with van der Waals surface area (Å²) in [5.74, 6) is 0.663. The fourth-order valence-electron chi connectivity index (χ4n) is 2.46. The van der Waals surface area contributed by atoms with E-state index >= 15 is 0 Å². The molecule has 1 aromatic carbocycles. The standard InChI is InChI=1S/C14H20FNO/c1-3-17-14-12(5-4-6-13(14)15)11-7-9-16(2)10-8-11/h4-6,11H,3,7-10H2,1-2H3. The Morgan fingerprint density at radius 3 is 2.71 bits per heavy atom. The van der Waals surface area contributed by atoms with E-state index in [-0.39, 0.29) is 5.82 Å². The number of ether oxygens (including phenoxy) is 1. The number of piperidine rings is 1. The lowest BCUT2D eigenvalue weighted by atomic mass is 9.89. The predicted molar refractivity (Wildman–Crippen MR) is 67.0 cm³/mol. The summed E-state index contributed by atoms with van der Waals surface area (Å²) < 4.78 is 19.2. The highest BCUT2D eigenvalue weighted by Crippen LogP contribution is 2.35. The van der Waals surface area contributed by atoms with Crippen molar-refractivity contribution in [1.82, 2.24) is 4.90 Å². The van der Waals surface area contributed by atoms with Crippen LogP contribution in [0.4, 0.5) is 4.39 Å². The number of halogens is 1. The molecule has 1 aromatic rings. The molecule has 1 aliphatic heterocycles. The Labute approximate surface area is 102 Å². The molecule has 2 nitrogen and oxygen atoms in total. The Morgan fingerprint density at radius 1 is 1.35 bits per heavy atom. The molecule has 0 atom stereocenters. The van der Waals surface area contributed by atoms with E-state index in [1.165, 1.54) is 6.07 Å². The van der Waals surface area contributed by atoms with Crippen LogP contribution in [0.2, 0.25) is 0 Å². The van der Waals surface area contributed by atoms with Crippen molar-refractivity contribution in [3.05, 3.63) is 29.6 Å². The van der Waals surface area contributed by atoms with Crippen molar-refractivity contribution in [3.8, 4) is 5.75 Å². The zero-order chi connectivity index (χ0) is 12.3. The van der Waals surface area contributed by atoms with Crippen LogP contribution in [0.3, 0.4) is 0 Å². The predicted octanol–water partition coefficient (Wildman–Crippen LogP) is 3.03. The Hall–Kier alpha value is -1.09. The fourth-order valence-corrected chi connectivity index (χ4v) is 2.46. The summed E-state index contributed by atoms with van der Waals surface area (Å²) >= 11 is 0. The van der Waals surface area contributed by atoms with Gasteiger partial charge in [0.1, 0.15) is 0 Å². The molecule has 1 saturated heterocycles. The van der Waals surface area contributed by atoms with E-state index in [1.807, 2.05) is 13.0 Å². The molecule has 94 valence electrons. The molecule has 0 aliphatic carbocycles. The molecule has 0 unspecified atom stereocenters. The molecule has 0 saturated carbocycles. The number of benzene rings is 1. The molecule has 0 aromatic heterocycles. The Bertz CT molecular complexity index is 372. The van der Waals surface area contributed by atoms with E-state index in [1.54, 1.807) is 6.07 Å². The second-order valence-corrected chi connectivity index (χ2v) is 4.67. The van der Waals surface area contributed by atoms with Crippen molar-refractivity contribution in [3.63, 3.8) is 0 Å². The molecule has 2 rings (SSSR count). The highest BCUT2D eigenvalue weighted by Gasteiger charge is 2.22. The molecular weight excluding hydrogens is 217 g/mol. The second kappa shape index (κ2) is 5.50. The molecule has 3 heteroatoms. The number of likely N-dealkylation sites (tertiary alicyclic amines) is 1. The molecular formula is C14H20FNO. The lowest BCUT2D eigenvalue weighted by Gasteiger charge is -2.30. The van der Waals surface area contributed by atoms with Gasteiger partial charge in [0.15, 0.2) is 11.6 Å². The quantitative estimate of drug-likeness (QED) is 0.801. The zero-order valence-corrected chi connectivity index (χ0v) is 10.6. The Morgan fingerprint density at radius 2 is 2.06 bits per heavy atom. The van der Waals surface area contributed by atoms with Gasteiger partial charge in [-0.05, 0) is 51.9 Å². The first-order valence-electron chi connectivity index (χ1n) is 6.32. The number of rotatable bonds is 3. The first kappa shape index (κ1) is 12.4. The lowest BCUT2D eigenvalue weighted by Crippen LogP contribution is -2.29. The molecule has 1 fully saturated rings. The van der Waals surface area contributed by atoms with Crippen LogP contribution in [0.5, 0.6) is 5.75 Å². The Balaban J connectivity index is 2.22. The summed E-state index contributed by atoms with van der Waals surface area (Å²) in [6.07, 6.45) is 2.17. The molecule has 0 spiro atoms. The van der Waals surface area contributed by atoms with Crippen LogP contribution >= 0.6 is 0 Å². The minimum Gasteiger partial charge on any atom is -0.491 e. The van der Waals surface area contributed by atoms with Gasteiger partial charge in [0.25, 0.3) is 0 Å². The number of para-hydroxylation sites is 1. The lowest BCUT2D eigenvalue weighted by molar-refractivity contribution is 0.248. The maximum absolute atomic E-state index is 13.7. The van der Waals surface area contributed by atoms with E-state index < -0.39 is 0 Å². The largest absolute Gasteiger partial charge is 0.491 e. The third-order valence-corrected chi connectivity index (χ3v) is 3.44. The van der Waals surface area contributed by atoms with Crippen LogP contribution in [0.1, 0.15) is 31.2 Å². The summed E-state index contributed by atoms with van der Waals surface area (Å²) in [6, 6.07) is 5.26. The van der Waals surface area contributed by atoms with Crippen LogP contribution in [0, 0.1) is 5.82 Å². The van der Waals surface area contributed by atoms with Crippen molar-refractivity contribution in [2.24, 2.45) is 0 Å². The van der Waals surface area contributed by atoms with Crippen LogP contribution in [-0.2, 0) is 0 Å². The topological polar surface area (TPSA) is 12.5 Å². The third kappa shape index (κ3) is 2.78. The maximum Gasteiger partial charge on any atom is 0.165 e. The van der Waals surface area contributed by atoms with Crippen LogP contribution < -0.4 is 4.74 Å². The van der Waals surface area contributed by atoms with Crippen LogP contribution in [-0.4, -0.2) is 31.6 Å². The van der Waals surface area contributed by atoms with Crippen molar-refractivity contribution < 1.29 is 9.13 Å². The molecule has 0 radical (unpaired) electrons. The average molecular weight is 237 g/mol. The Kier molecular flexibility index (Phi) is 4.00. The highest BCUT2D eigenvalue weighted by atomic mass is 19.1. The molecule has 1 aliphatic rings. The fraction of sp³-hybridized carbons (Fsp3) is 0.571. The van der Waals surface area contributed by atoms with Crippen molar-refractivity contribution in [2.45, 2.75) is 25.7 Å². The minimum atomic E-state index is -0.233. The molecule has 1 heterocycles. The summed E-state index contributed by atoms with van der Waals surface area (Å²) in [5.41, 5.74) is 1.04. The van der Waals surface area contributed by atoms with E-state index in [2.05, 4.69) is 11.9 Å². The molecule has 0 amide bonds. The SMILES string of the molecule is CCOc1c(F)cccc1C1CCN(C)CC1. The number of nitrogens with zero attached hydrogens (tertiary/aromatic N) is 1. The second-order valence-electron chi connectivity index (χ2n) is 4.67. The zero-order valence-electron chi connectivity index (χ0n) is 10.6. The summed E-state index contributed by atoms with van der Waals surface area (Å²) in [7, 11) is 2.13. The van der Waals surface area contributed by atoms with Gasteiger partial charge in [-0.3, -0.25) is 0 Å². The van der Waals surface area contributed by atoms with Gasteiger partial charge in [0.05, 0.1) is 6.61 Å². The van der Waals surface area contributed by atoms with Gasteiger partial charge in [-0.15, -0.1) is 0 Å². The van der Waals surface area contributed by atoms with E-state index in [4.69, 9.17) is 4.74 Å². The van der Waals surface area contributed by atoms with E-state index in [0.29, 0.717) is 18.3 Å². The first-order chi connectivity index (χ1) is 8.22. The smallest absolute Gasteiger partial charge is 0.165 e. The number of hydrogen-bond donors (Lipinski definition) is 0. The van der Waals surface area contributed by atoms with E-state index in [9.17, 15) is 4.39 Å². The molecule has 17 heavy (non-hydrogen) atoms. The van der Waals surface area contributed by atoms with Gasteiger partial charge in [0.2, 0.25) is 0 Å². The van der Waals surface area contributed by atoms with Crippen LogP contribution in [0.15, 0.2) is 18.2 Å². The normalized spacial score (nSPS) is 18.3. The van der Waals surface area contributed by atoms with Gasteiger partial charge in [-0.1, -0.05) is 12.1 Å². The van der Waals surface area contributed by atoms with Crippen molar-refractivity contribution >= 4 is 0 Å². The summed E-state index contributed by atoms with van der Waals surface area (Å²) in [5, 5.41) is 0. The van der Waals surface area contributed by atoms with Crippen LogP contribution in [0.25, 0.3) is 0 Å². The minimum absolute atomic E-state index is 0.233. The van der Waals surface area contributed by atoms with Gasteiger partial charge in [-0.2, -0.15) is 0 Å². The van der Waals surface area contributed by atoms with Gasteiger partial charge >= 0.3 is 0 Å². The van der Waals surface area contributed by atoms with Crippen molar-refractivity contribution in [1.29, 1.82) is 0 Å². The molecule has 0 bridgehead atoms. The average Bonchev–Trinajstić information content (AvgIpc) is 2.33.